The van der Waals surface area contributed by atoms with E-state index >= 15 is 0 Å². The standard InChI is InChI=1S/C26H29N3O5/c1-18-9-11-19(12-10-18)27-25(33)26(13-5-6-14-26)29(15-16-34-2)22(30)17-28-23(31)20-7-3-4-8-21(20)24(28)32/h3-4,7-12H,5-6,13-17H2,1-2H3,(H,27,33). The fraction of sp³-hybridized carbons (Fsp3) is 0.385. The number of nitrogens with zero attached hydrogens (tertiary/aromatic N) is 2. The highest BCUT2D eigenvalue weighted by Gasteiger charge is 2.49. The maximum atomic E-state index is 13.6. The summed E-state index contributed by atoms with van der Waals surface area (Å²) >= 11 is 0. The number of benzene rings is 2. The van der Waals surface area contributed by atoms with Gasteiger partial charge in [-0.3, -0.25) is 24.1 Å². The third-order valence-corrected chi connectivity index (χ3v) is 6.67. The molecule has 0 radical (unpaired) electrons. The van der Waals surface area contributed by atoms with Crippen LogP contribution in [0.2, 0.25) is 0 Å². The lowest BCUT2D eigenvalue weighted by atomic mass is 9.93. The second-order valence-corrected chi connectivity index (χ2v) is 8.84. The van der Waals surface area contributed by atoms with Gasteiger partial charge in [-0.15, -0.1) is 0 Å². The monoisotopic (exact) mass is 463 g/mol. The Hall–Kier alpha value is -3.52. The van der Waals surface area contributed by atoms with E-state index in [1.54, 1.807) is 24.3 Å². The van der Waals surface area contributed by atoms with Crippen LogP contribution in [-0.2, 0) is 14.3 Å². The van der Waals surface area contributed by atoms with Crippen LogP contribution < -0.4 is 5.32 Å². The molecule has 0 unspecified atom stereocenters. The normalized spacial score (nSPS) is 16.5. The van der Waals surface area contributed by atoms with Crippen molar-refractivity contribution in [3.63, 3.8) is 0 Å². The van der Waals surface area contributed by atoms with Crippen molar-refractivity contribution in [1.82, 2.24) is 9.80 Å². The highest BCUT2D eigenvalue weighted by molar-refractivity contribution is 6.22. The Balaban J connectivity index is 1.59. The van der Waals surface area contributed by atoms with E-state index in [4.69, 9.17) is 4.74 Å². The zero-order valence-electron chi connectivity index (χ0n) is 19.5. The zero-order valence-corrected chi connectivity index (χ0v) is 19.5. The fourth-order valence-corrected chi connectivity index (χ4v) is 4.83. The van der Waals surface area contributed by atoms with Crippen molar-refractivity contribution in [2.75, 3.05) is 32.1 Å². The third-order valence-electron chi connectivity index (χ3n) is 6.67. The van der Waals surface area contributed by atoms with Crippen molar-refractivity contribution >= 4 is 29.3 Å². The van der Waals surface area contributed by atoms with Crippen LogP contribution in [-0.4, -0.2) is 65.8 Å². The summed E-state index contributed by atoms with van der Waals surface area (Å²) in [5.41, 5.74) is 1.24. The Morgan fingerprint density at radius 2 is 1.59 bits per heavy atom. The van der Waals surface area contributed by atoms with Crippen molar-refractivity contribution in [3.8, 4) is 0 Å². The zero-order chi connectivity index (χ0) is 24.3. The lowest BCUT2D eigenvalue weighted by Crippen LogP contribution is -2.60. The van der Waals surface area contributed by atoms with Crippen LogP contribution in [0.15, 0.2) is 48.5 Å². The molecule has 1 saturated carbocycles. The summed E-state index contributed by atoms with van der Waals surface area (Å²) in [4.78, 5) is 55.3. The molecule has 0 aromatic heterocycles. The van der Waals surface area contributed by atoms with Crippen LogP contribution in [0.3, 0.4) is 0 Å². The summed E-state index contributed by atoms with van der Waals surface area (Å²) in [6, 6.07) is 14.0. The van der Waals surface area contributed by atoms with Crippen molar-refractivity contribution in [2.45, 2.75) is 38.1 Å². The Morgan fingerprint density at radius 1 is 1.00 bits per heavy atom. The van der Waals surface area contributed by atoms with Crippen LogP contribution >= 0.6 is 0 Å². The predicted molar refractivity (Wildman–Crippen MR) is 126 cm³/mol. The van der Waals surface area contributed by atoms with Crippen molar-refractivity contribution in [2.24, 2.45) is 0 Å². The van der Waals surface area contributed by atoms with E-state index in [0.29, 0.717) is 18.5 Å². The van der Waals surface area contributed by atoms with E-state index in [1.807, 2.05) is 31.2 Å². The van der Waals surface area contributed by atoms with E-state index in [-0.39, 0.29) is 30.2 Å². The first-order valence-corrected chi connectivity index (χ1v) is 11.5. The molecule has 1 heterocycles. The van der Waals surface area contributed by atoms with Gasteiger partial charge in [-0.05, 0) is 44.0 Å². The van der Waals surface area contributed by atoms with Gasteiger partial charge in [-0.1, -0.05) is 42.7 Å². The molecule has 1 fully saturated rings. The molecule has 8 heteroatoms. The number of carbonyl (C=O) groups is 4. The molecular weight excluding hydrogens is 434 g/mol. The summed E-state index contributed by atoms with van der Waals surface area (Å²) in [5, 5.41) is 2.97. The highest BCUT2D eigenvalue weighted by atomic mass is 16.5. The van der Waals surface area contributed by atoms with Gasteiger partial charge in [0, 0.05) is 19.3 Å². The smallest absolute Gasteiger partial charge is 0.262 e. The van der Waals surface area contributed by atoms with Gasteiger partial charge in [0.25, 0.3) is 11.8 Å². The molecular formula is C26H29N3O5. The molecule has 2 aromatic rings. The molecule has 4 rings (SSSR count). The Labute approximate surface area is 198 Å². The molecule has 0 bridgehead atoms. The number of rotatable bonds is 8. The lowest BCUT2D eigenvalue weighted by Gasteiger charge is -2.40. The van der Waals surface area contributed by atoms with Crippen LogP contribution in [0, 0.1) is 6.92 Å². The number of methoxy groups -OCH3 is 1. The molecule has 8 nitrogen and oxygen atoms in total. The number of hydrogen-bond acceptors (Lipinski definition) is 5. The molecule has 0 atom stereocenters. The minimum Gasteiger partial charge on any atom is -0.383 e. The average Bonchev–Trinajstić information content (AvgIpc) is 3.42. The van der Waals surface area contributed by atoms with E-state index in [9.17, 15) is 19.2 Å². The van der Waals surface area contributed by atoms with Gasteiger partial charge in [0.2, 0.25) is 11.8 Å². The Morgan fingerprint density at radius 3 is 2.15 bits per heavy atom. The molecule has 0 spiro atoms. The molecule has 2 aromatic carbocycles. The van der Waals surface area contributed by atoms with E-state index < -0.39 is 29.8 Å². The molecule has 4 amide bonds. The number of amides is 4. The lowest BCUT2D eigenvalue weighted by molar-refractivity contribution is -0.146. The molecule has 178 valence electrons. The number of fused-ring (bicyclic) bond motifs is 1. The van der Waals surface area contributed by atoms with Crippen molar-refractivity contribution in [3.05, 3.63) is 65.2 Å². The van der Waals surface area contributed by atoms with Gasteiger partial charge in [0.1, 0.15) is 12.1 Å². The minimum atomic E-state index is -1.07. The van der Waals surface area contributed by atoms with Gasteiger partial charge >= 0.3 is 0 Å². The predicted octanol–water partition coefficient (Wildman–Crippen LogP) is 3.02. The number of carbonyl (C=O) groups excluding carboxylic acids is 4. The summed E-state index contributed by atoms with van der Waals surface area (Å²) in [6.45, 7) is 1.96. The summed E-state index contributed by atoms with van der Waals surface area (Å²) in [5.74, 6) is -1.70. The van der Waals surface area contributed by atoms with Crippen LogP contribution in [0.1, 0.15) is 52.0 Å². The van der Waals surface area contributed by atoms with Gasteiger partial charge < -0.3 is 15.0 Å². The number of imide groups is 1. The van der Waals surface area contributed by atoms with Crippen molar-refractivity contribution in [1.29, 1.82) is 0 Å². The summed E-state index contributed by atoms with van der Waals surface area (Å²) in [7, 11) is 1.53. The van der Waals surface area contributed by atoms with E-state index in [2.05, 4.69) is 5.32 Å². The summed E-state index contributed by atoms with van der Waals surface area (Å²) < 4.78 is 5.23. The quantitative estimate of drug-likeness (QED) is 0.607. The van der Waals surface area contributed by atoms with Gasteiger partial charge in [-0.2, -0.15) is 0 Å². The number of ether oxygens (including phenoxy) is 1. The number of anilines is 1. The molecule has 1 N–H and O–H groups in total. The minimum absolute atomic E-state index is 0.180. The van der Waals surface area contributed by atoms with E-state index in [1.165, 1.54) is 12.0 Å². The van der Waals surface area contributed by atoms with Crippen LogP contribution in [0.25, 0.3) is 0 Å². The first kappa shape index (κ1) is 23.6. The highest BCUT2D eigenvalue weighted by Crippen LogP contribution is 2.37. The number of hydrogen-bond donors (Lipinski definition) is 1. The fourth-order valence-electron chi connectivity index (χ4n) is 4.83. The molecule has 34 heavy (non-hydrogen) atoms. The van der Waals surface area contributed by atoms with Gasteiger partial charge in [-0.25, -0.2) is 0 Å². The third kappa shape index (κ3) is 4.33. The first-order chi connectivity index (χ1) is 16.4. The molecule has 2 aliphatic rings. The Kier molecular flexibility index (Phi) is 6.79. The molecule has 0 saturated heterocycles. The topological polar surface area (TPSA) is 96.0 Å². The summed E-state index contributed by atoms with van der Waals surface area (Å²) in [6.07, 6.45) is 2.60. The first-order valence-electron chi connectivity index (χ1n) is 11.5. The second kappa shape index (κ2) is 9.77. The average molecular weight is 464 g/mol. The number of aryl methyl sites for hydroxylation is 1. The SMILES string of the molecule is COCCN(C(=O)CN1C(=O)c2ccccc2C1=O)C1(C(=O)Nc2ccc(C)cc2)CCCC1. The molecule has 1 aliphatic carbocycles. The number of nitrogens with one attached hydrogen (secondary N) is 1. The largest absolute Gasteiger partial charge is 0.383 e. The van der Waals surface area contributed by atoms with E-state index in [0.717, 1.165) is 23.3 Å². The van der Waals surface area contributed by atoms with Crippen molar-refractivity contribution < 1.29 is 23.9 Å². The van der Waals surface area contributed by atoms with Gasteiger partial charge in [0.15, 0.2) is 0 Å². The van der Waals surface area contributed by atoms with Gasteiger partial charge in [0.05, 0.1) is 17.7 Å². The van der Waals surface area contributed by atoms with Crippen LogP contribution in [0.4, 0.5) is 5.69 Å². The maximum Gasteiger partial charge on any atom is 0.262 e. The van der Waals surface area contributed by atoms with Crippen LogP contribution in [0.5, 0.6) is 0 Å². The maximum absolute atomic E-state index is 13.6. The Bertz CT molecular complexity index is 1070. The molecule has 1 aliphatic heterocycles. The second-order valence-electron chi connectivity index (χ2n) is 8.84.